The van der Waals surface area contributed by atoms with Crippen molar-refractivity contribution in [1.29, 1.82) is 0 Å². The Bertz CT molecular complexity index is 1620. The molecule has 1 unspecified atom stereocenters. The lowest BCUT2D eigenvalue weighted by Crippen LogP contribution is -2.31. The van der Waals surface area contributed by atoms with Crippen molar-refractivity contribution in [3.8, 4) is 17.0 Å². The second-order valence-corrected chi connectivity index (χ2v) is 9.98. The SMILES string of the molecule is CS(=O)(=O)Oc1c(-c2ccccc2)nc2ccccc2c1C(=O)NC(c1ccccc1)c1ccccn1. The number of hydrogen-bond acceptors (Lipinski definition) is 6. The molecule has 2 heterocycles. The number of rotatable bonds is 7. The lowest BCUT2D eigenvalue weighted by Gasteiger charge is -2.21. The van der Waals surface area contributed by atoms with Crippen LogP contribution < -0.4 is 9.50 Å². The first-order chi connectivity index (χ1) is 17.9. The molecule has 0 fully saturated rings. The summed E-state index contributed by atoms with van der Waals surface area (Å²) in [4.78, 5) is 23.2. The largest absolute Gasteiger partial charge is 0.379 e. The Labute approximate surface area is 214 Å². The maximum absolute atomic E-state index is 14.1. The van der Waals surface area contributed by atoms with E-state index in [-0.39, 0.29) is 17.0 Å². The number of para-hydroxylation sites is 1. The molecule has 1 atom stereocenters. The van der Waals surface area contributed by atoms with Crippen LogP contribution in [0.15, 0.2) is 109 Å². The van der Waals surface area contributed by atoms with Crippen LogP contribution in [0.3, 0.4) is 0 Å². The lowest BCUT2D eigenvalue weighted by atomic mass is 9.99. The zero-order chi connectivity index (χ0) is 25.8. The highest BCUT2D eigenvalue weighted by molar-refractivity contribution is 7.86. The third kappa shape index (κ3) is 5.34. The molecule has 0 aliphatic carbocycles. The second-order valence-electron chi connectivity index (χ2n) is 8.41. The zero-order valence-electron chi connectivity index (χ0n) is 19.9. The van der Waals surface area contributed by atoms with Crippen LogP contribution in [0.5, 0.6) is 5.75 Å². The molecule has 0 saturated heterocycles. The van der Waals surface area contributed by atoms with E-state index in [1.54, 1.807) is 42.6 Å². The summed E-state index contributed by atoms with van der Waals surface area (Å²) in [6.07, 6.45) is 2.60. The predicted octanol–water partition coefficient (Wildman–Crippen LogP) is 5.15. The molecule has 0 radical (unpaired) electrons. The van der Waals surface area contributed by atoms with Crippen LogP contribution in [0.4, 0.5) is 0 Å². The molecular weight excluding hydrogens is 486 g/mol. The first-order valence-corrected chi connectivity index (χ1v) is 13.4. The Morgan fingerprint density at radius 3 is 2.16 bits per heavy atom. The van der Waals surface area contributed by atoms with Crippen molar-refractivity contribution in [2.24, 2.45) is 0 Å². The molecule has 7 nitrogen and oxygen atoms in total. The predicted molar refractivity (Wildman–Crippen MR) is 143 cm³/mol. The van der Waals surface area contributed by atoms with E-state index in [1.165, 1.54) is 0 Å². The van der Waals surface area contributed by atoms with Gasteiger partial charge in [0.05, 0.1) is 29.1 Å². The van der Waals surface area contributed by atoms with Crippen LogP contribution in [0.25, 0.3) is 22.2 Å². The van der Waals surface area contributed by atoms with Gasteiger partial charge in [0.1, 0.15) is 5.69 Å². The summed E-state index contributed by atoms with van der Waals surface area (Å²) in [5, 5.41) is 3.52. The molecule has 0 spiro atoms. The van der Waals surface area contributed by atoms with Crippen LogP contribution in [0.2, 0.25) is 0 Å². The number of carbonyl (C=O) groups excluding carboxylic acids is 1. The molecule has 0 aliphatic heterocycles. The Balaban J connectivity index is 1.72. The van der Waals surface area contributed by atoms with E-state index < -0.39 is 22.1 Å². The van der Waals surface area contributed by atoms with Gasteiger partial charge in [-0.3, -0.25) is 9.78 Å². The molecule has 184 valence electrons. The molecule has 0 aliphatic rings. The summed E-state index contributed by atoms with van der Waals surface area (Å²) >= 11 is 0. The average molecular weight is 510 g/mol. The molecule has 37 heavy (non-hydrogen) atoms. The Kier molecular flexibility index (Phi) is 6.66. The second kappa shape index (κ2) is 10.2. The number of pyridine rings is 2. The summed E-state index contributed by atoms with van der Waals surface area (Å²) in [6.45, 7) is 0. The van der Waals surface area contributed by atoms with Gasteiger partial charge in [-0.2, -0.15) is 8.42 Å². The topological polar surface area (TPSA) is 98.3 Å². The fourth-order valence-electron chi connectivity index (χ4n) is 4.17. The molecule has 8 heteroatoms. The summed E-state index contributed by atoms with van der Waals surface area (Å²) in [5.74, 6) is -0.647. The van der Waals surface area contributed by atoms with Gasteiger partial charge in [0.15, 0.2) is 5.75 Å². The normalized spacial score (nSPS) is 12.1. The first kappa shape index (κ1) is 24.1. The van der Waals surface area contributed by atoms with Crippen molar-refractivity contribution in [3.05, 3.63) is 126 Å². The fourth-order valence-corrected chi connectivity index (χ4v) is 4.63. The minimum Gasteiger partial charge on any atom is -0.379 e. The summed E-state index contributed by atoms with van der Waals surface area (Å²) in [5.41, 5.74) is 2.93. The maximum atomic E-state index is 14.1. The third-order valence-corrected chi connectivity index (χ3v) is 6.22. The molecule has 5 aromatic rings. The van der Waals surface area contributed by atoms with Crippen LogP contribution in [-0.4, -0.2) is 30.5 Å². The van der Waals surface area contributed by atoms with Gasteiger partial charge in [-0.25, -0.2) is 4.98 Å². The van der Waals surface area contributed by atoms with Gasteiger partial charge in [0.2, 0.25) is 0 Å². The minimum absolute atomic E-state index is 0.0757. The van der Waals surface area contributed by atoms with Crippen LogP contribution >= 0.6 is 0 Å². The zero-order valence-corrected chi connectivity index (χ0v) is 20.7. The lowest BCUT2D eigenvalue weighted by molar-refractivity contribution is 0.0942. The van der Waals surface area contributed by atoms with Crippen molar-refractivity contribution in [2.45, 2.75) is 6.04 Å². The quantitative estimate of drug-likeness (QED) is 0.305. The molecular formula is C29H23N3O4S. The van der Waals surface area contributed by atoms with E-state index in [0.717, 1.165) is 11.8 Å². The number of benzene rings is 3. The van der Waals surface area contributed by atoms with Crippen molar-refractivity contribution < 1.29 is 17.4 Å². The maximum Gasteiger partial charge on any atom is 0.306 e. The van der Waals surface area contributed by atoms with E-state index in [9.17, 15) is 13.2 Å². The highest BCUT2D eigenvalue weighted by Crippen LogP contribution is 2.37. The number of carbonyl (C=O) groups is 1. The number of nitrogens with zero attached hydrogens (tertiary/aromatic N) is 2. The minimum atomic E-state index is -4.00. The first-order valence-electron chi connectivity index (χ1n) is 11.5. The van der Waals surface area contributed by atoms with E-state index in [1.807, 2.05) is 66.7 Å². The van der Waals surface area contributed by atoms with Crippen LogP contribution in [-0.2, 0) is 10.1 Å². The van der Waals surface area contributed by atoms with Gasteiger partial charge in [-0.15, -0.1) is 0 Å². The van der Waals surface area contributed by atoms with E-state index in [2.05, 4.69) is 15.3 Å². The van der Waals surface area contributed by atoms with Gasteiger partial charge in [0, 0.05) is 17.1 Å². The molecule has 5 rings (SSSR count). The van der Waals surface area contributed by atoms with Crippen molar-refractivity contribution >= 4 is 26.9 Å². The van der Waals surface area contributed by atoms with Crippen molar-refractivity contribution in [3.63, 3.8) is 0 Å². The summed E-state index contributed by atoms with van der Waals surface area (Å²) in [7, 11) is -4.00. The highest BCUT2D eigenvalue weighted by Gasteiger charge is 2.28. The highest BCUT2D eigenvalue weighted by atomic mass is 32.2. The van der Waals surface area contributed by atoms with Gasteiger partial charge in [0.25, 0.3) is 5.91 Å². The number of amides is 1. The molecule has 0 saturated carbocycles. The van der Waals surface area contributed by atoms with Crippen molar-refractivity contribution in [2.75, 3.05) is 6.26 Å². The van der Waals surface area contributed by atoms with Gasteiger partial charge in [-0.1, -0.05) is 84.9 Å². The standard InChI is InChI=1S/C29H23N3O4S/c1-37(34,35)36-28-25(22-16-8-9-17-23(22)31-27(28)21-14-6-3-7-15-21)29(33)32-26(20-12-4-2-5-13-20)24-18-10-11-19-30-24/h2-19,26H,1H3,(H,32,33). The molecule has 3 aromatic carbocycles. The Morgan fingerprint density at radius 2 is 1.49 bits per heavy atom. The van der Waals surface area contributed by atoms with Gasteiger partial charge >= 0.3 is 10.1 Å². The number of nitrogens with one attached hydrogen (secondary N) is 1. The van der Waals surface area contributed by atoms with E-state index in [4.69, 9.17) is 4.18 Å². The molecule has 1 N–H and O–H groups in total. The van der Waals surface area contributed by atoms with E-state index >= 15 is 0 Å². The average Bonchev–Trinajstić information content (AvgIpc) is 2.92. The number of fused-ring (bicyclic) bond motifs is 1. The fraction of sp³-hybridized carbons (Fsp3) is 0.0690. The van der Waals surface area contributed by atoms with Crippen LogP contribution in [0, 0.1) is 0 Å². The molecule has 2 aromatic heterocycles. The van der Waals surface area contributed by atoms with Gasteiger partial charge < -0.3 is 9.50 Å². The monoisotopic (exact) mass is 509 g/mol. The third-order valence-electron chi connectivity index (χ3n) is 5.75. The van der Waals surface area contributed by atoms with Crippen LogP contribution in [0.1, 0.15) is 27.7 Å². The Hall–Kier alpha value is -4.56. The Morgan fingerprint density at radius 1 is 0.838 bits per heavy atom. The molecule has 1 amide bonds. The smallest absolute Gasteiger partial charge is 0.306 e. The van der Waals surface area contributed by atoms with Gasteiger partial charge in [-0.05, 0) is 23.8 Å². The summed E-state index contributed by atoms with van der Waals surface area (Å²) < 4.78 is 30.2. The number of aromatic nitrogens is 2. The summed E-state index contributed by atoms with van der Waals surface area (Å²) in [6, 6.07) is 30.4. The number of hydrogen-bond donors (Lipinski definition) is 1. The molecule has 0 bridgehead atoms. The van der Waals surface area contributed by atoms with E-state index in [0.29, 0.717) is 22.2 Å². The van der Waals surface area contributed by atoms with Crippen molar-refractivity contribution in [1.82, 2.24) is 15.3 Å².